The SMILES string of the molecule is C=CN1C=CC(C)(C)C1. The predicted octanol–water partition coefficient (Wildman–Crippen LogP) is 1.99. The summed E-state index contributed by atoms with van der Waals surface area (Å²) >= 11 is 0. The maximum Gasteiger partial charge on any atom is 0.0305 e. The molecule has 0 aliphatic carbocycles. The van der Waals surface area contributed by atoms with Gasteiger partial charge >= 0.3 is 0 Å². The lowest BCUT2D eigenvalue weighted by molar-refractivity contribution is 0.389. The van der Waals surface area contributed by atoms with Crippen molar-refractivity contribution in [2.75, 3.05) is 6.54 Å². The molecule has 1 aliphatic heterocycles. The molecule has 9 heavy (non-hydrogen) atoms. The minimum Gasteiger partial charge on any atom is -0.354 e. The maximum absolute atomic E-state index is 3.68. The maximum atomic E-state index is 3.68. The summed E-state index contributed by atoms with van der Waals surface area (Å²) in [5, 5.41) is 0. The van der Waals surface area contributed by atoms with E-state index in [0.29, 0.717) is 5.41 Å². The fraction of sp³-hybridized carbons (Fsp3) is 0.500. The lowest BCUT2D eigenvalue weighted by Crippen LogP contribution is -2.17. The van der Waals surface area contributed by atoms with Crippen molar-refractivity contribution in [1.29, 1.82) is 0 Å². The van der Waals surface area contributed by atoms with Crippen LogP contribution in [0.2, 0.25) is 0 Å². The quantitative estimate of drug-likeness (QED) is 0.515. The molecule has 0 fully saturated rings. The highest BCUT2D eigenvalue weighted by Crippen LogP contribution is 2.24. The van der Waals surface area contributed by atoms with E-state index < -0.39 is 0 Å². The molecular weight excluding hydrogens is 110 g/mol. The monoisotopic (exact) mass is 123 g/mol. The second-order valence-corrected chi connectivity index (χ2v) is 3.16. The second kappa shape index (κ2) is 1.90. The normalized spacial score (nSPS) is 22.7. The molecule has 0 unspecified atom stereocenters. The molecule has 1 nitrogen and oxygen atoms in total. The summed E-state index contributed by atoms with van der Waals surface area (Å²) in [4.78, 5) is 2.10. The Morgan fingerprint density at radius 3 is 2.56 bits per heavy atom. The molecule has 0 amide bonds. The van der Waals surface area contributed by atoms with Crippen LogP contribution in [0.1, 0.15) is 13.8 Å². The third kappa shape index (κ3) is 1.35. The van der Waals surface area contributed by atoms with Crippen LogP contribution >= 0.6 is 0 Å². The summed E-state index contributed by atoms with van der Waals surface area (Å²) < 4.78 is 0. The molecule has 1 heteroatoms. The molecule has 1 rings (SSSR count). The van der Waals surface area contributed by atoms with Gasteiger partial charge in [0, 0.05) is 18.2 Å². The van der Waals surface area contributed by atoms with Crippen LogP contribution in [-0.4, -0.2) is 11.4 Å². The highest BCUT2D eigenvalue weighted by Gasteiger charge is 2.20. The van der Waals surface area contributed by atoms with E-state index in [1.165, 1.54) is 0 Å². The molecule has 0 aromatic carbocycles. The molecule has 0 spiro atoms. The fourth-order valence-electron chi connectivity index (χ4n) is 0.999. The molecule has 0 radical (unpaired) electrons. The average Bonchev–Trinajstić information content (AvgIpc) is 2.10. The highest BCUT2D eigenvalue weighted by molar-refractivity contribution is 5.06. The molecule has 0 atom stereocenters. The molecule has 0 aromatic heterocycles. The zero-order valence-electron chi connectivity index (χ0n) is 6.09. The van der Waals surface area contributed by atoms with Crippen LogP contribution in [0.3, 0.4) is 0 Å². The van der Waals surface area contributed by atoms with Crippen molar-refractivity contribution >= 4 is 0 Å². The van der Waals surface area contributed by atoms with Crippen LogP contribution in [0.4, 0.5) is 0 Å². The van der Waals surface area contributed by atoms with Gasteiger partial charge in [-0.25, -0.2) is 0 Å². The van der Waals surface area contributed by atoms with Crippen LogP contribution in [0.5, 0.6) is 0 Å². The molecule has 0 saturated carbocycles. The molecule has 0 bridgehead atoms. The van der Waals surface area contributed by atoms with E-state index in [-0.39, 0.29) is 0 Å². The first-order chi connectivity index (χ1) is 4.14. The first kappa shape index (κ1) is 6.40. The Bertz CT molecular complexity index is 145. The Labute approximate surface area is 56.7 Å². The molecule has 1 aliphatic rings. The first-order valence-electron chi connectivity index (χ1n) is 3.22. The van der Waals surface area contributed by atoms with Crippen LogP contribution < -0.4 is 0 Å². The summed E-state index contributed by atoms with van der Waals surface area (Å²) in [6.07, 6.45) is 6.13. The summed E-state index contributed by atoms with van der Waals surface area (Å²) in [5.41, 5.74) is 0.341. The van der Waals surface area contributed by atoms with Crippen molar-refractivity contribution in [3.8, 4) is 0 Å². The van der Waals surface area contributed by atoms with E-state index in [2.05, 4.69) is 37.6 Å². The van der Waals surface area contributed by atoms with Gasteiger partial charge < -0.3 is 4.90 Å². The van der Waals surface area contributed by atoms with Crippen molar-refractivity contribution in [2.45, 2.75) is 13.8 Å². The van der Waals surface area contributed by atoms with Gasteiger partial charge in [-0.1, -0.05) is 26.5 Å². The van der Waals surface area contributed by atoms with Gasteiger partial charge in [-0.15, -0.1) is 0 Å². The minimum atomic E-state index is 0.341. The van der Waals surface area contributed by atoms with Gasteiger partial charge in [-0.3, -0.25) is 0 Å². The van der Waals surface area contributed by atoms with Crippen molar-refractivity contribution in [3.05, 3.63) is 25.1 Å². The first-order valence-corrected chi connectivity index (χ1v) is 3.22. The highest BCUT2D eigenvalue weighted by atomic mass is 15.1. The molecule has 50 valence electrons. The summed E-state index contributed by atoms with van der Waals surface area (Å²) in [6.45, 7) is 9.18. The predicted molar refractivity (Wildman–Crippen MR) is 39.8 cm³/mol. The van der Waals surface area contributed by atoms with Gasteiger partial charge in [0.2, 0.25) is 0 Å². The third-order valence-corrected chi connectivity index (χ3v) is 1.54. The van der Waals surface area contributed by atoms with E-state index in [9.17, 15) is 0 Å². The smallest absolute Gasteiger partial charge is 0.0305 e. The number of rotatable bonds is 1. The van der Waals surface area contributed by atoms with Gasteiger partial charge in [0.15, 0.2) is 0 Å². The average molecular weight is 123 g/mol. The Hall–Kier alpha value is -0.720. The molecule has 0 aromatic rings. The van der Waals surface area contributed by atoms with Gasteiger partial charge in [0.25, 0.3) is 0 Å². The van der Waals surface area contributed by atoms with Crippen LogP contribution in [0, 0.1) is 5.41 Å². The Kier molecular flexibility index (Phi) is 1.35. The van der Waals surface area contributed by atoms with Crippen LogP contribution in [-0.2, 0) is 0 Å². The lowest BCUT2D eigenvalue weighted by atomic mass is 9.96. The number of hydrogen-bond acceptors (Lipinski definition) is 1. The Morgan fingerprint density at radius 1 is 1.67 bits per heavy atom. The van der Waals surface area contributed by atoms with Crippen molar-refractivity contribution in [3.63, 3.8) is 0 Å². The van der Waals surface area contributed by atoms with E-state index in [0.717, 1.165) is 6.54 Å². The molecule has 0 N–H and O–H groups in total. The topological polar surface area (TPSA) is 3.24 Å². The largest absolute Gasteiger partial charge is 0.354 e. The number of hydrogen-bond donors (Lipinski definition) is 0. The second-order valence-electron chi connectivity index (χ2n) is 3.16. The van der Waals surface area contributed by atoms with Crippen LogP contribution in [0.25, 0.3) is 0 Å². The summed E-state index contributed by atoms with van der Waals surface area (Å²) in [5.74, 6) is 0. The zero-order valence-corrected chi connectivity index (χ0v) is 6.09. The van der Waals surface area contributed by atoms with Crippen molar-refractivity contribution < 1.29 is 0 Å². The van der Waals surface area contributed by atoms with Gasteiger partial charge in [-0.05, 0) is 6.20 Å². The molecule has 1 heterocycles. The van der Waals surface area contributed by atoms with E-state index in [4.69, 9.17) is 0 Å². The number of nitrogens with zero attached hydrogens (tertiary/aromatic N) is 1. The molecule has 0 saturated heterocycles. The summed E-state index contributed by atoms with van der Waals surface area (Å²) in [6, 6.07) is 0. The van der Waals surface area contributed by atoms with E-state index in [1.54, 1.807) is 0 Å². The van der Waals surface area contributed by atoms with Crippen molar-refractivity contribution in [1.82, 2.24) is 4.90 Å². The standard InChI is InChI=1S/C8H13N/c1-4-9-6-5-8(2,3)7-9/h4-6H,1,7H2,2-3H3. The van der Waals surface area contributed by atoms with E-state index >= 15 is 0 Å². The summed E-state index contributed by atoms with van der Waals surface area (Å²) in [7, 11) is 0. The zero-order chi connectivity index (χ0) is 6.91. The van der Waals surface area contributed by atoms with Gasteiger partial charge in [0.1, 0.15) is 0 Å². The van der Waals surface area contributed by atoms with E-state index in [1.807, 2.05) is 6.20 Å². The molecular formula is C8H13N. The minimum absolute atomic E-state index is 0.341. The van der Waals surface area contributed by atoms with Crippen molar-refractivity contribution in [2.24, 2.45) is 5.41 Å². The van der Waals surface area contributed by atoms with Gasteiger partial charge in [0.05, 0.1) is 0 Å². The third-order valence-electron chi connectivity index (χ3n) is 1.54. The van der Waals surface area contributed by atoms with Crippen LogP contribution in [0.15, 0.2) is 25.1 Å². The van der Waals surface area contributed by atoms with Gasteiger partial charge in [-0.2, -0.15) is 0 Å². The Morgan fingerprint density at radius 2 is 2.33 bits per heavy atom. The Balaban J connectivity index is 2.59. The fourth-order valence-corrected chi connectivity index (χ4v) is 0.999. The lowest BCUT2D eigenvalue weighted by Gasteiger charge is -2.17.